The van der Waals surface area contributed by atoms with Gasteiger partial charge in [-0.15, -0.1) is 0 Å². The number of benzene rings is 1. The fourth-order valence-electron chi connectivity index (χ4n) is 5.86. The predicted molar refractivity (Wildman–Crippen MR) is 89.1 cm³/mol. The summed E-state index contributed by atoms with van der Waals surface area (Å²) in [5.41, 5.74) is 3.50. The van der Waals surface area contributed by atoms with Crippen molar-refractivity contribution in [2.45, 2.75) is 45.4 Å². The molecule has 0 saturated heterocycles. The van der Waals surface area contributed by atoms with Crippen molar-refractivity contribution < 1.29 is 9.90 Å². The molecule has 2 N–H and O–H groups in total. The normalized spacial score (nSPS) is 38.1. The SMILES string of the molecule is CC12CC3CC(C1)CC(C(=O)NN=Cc1ccccc1O)(C3)C2. The van der Waals surface area contributed by atoms with Gasteiger partial charge in [0.05, 0.1) is 11.6 Å². The van der Waals surface area contributed by atoms with Crippen molar-refractivity contribution in [2.75, 3.05) is 0 Å². The highest BCUT2D eigenvalue weighted by atomic mass is 16.3. The number of phenols is 1. The maximum absolute atomic E-state index is 12.8. The number of hydrogen-bond donors (Lipinski definition) is 2. The molecule has 4 heteroatoms. The minimum atomic E-state index is -0.213. The van der Waals surface area contributed by atoms with Gasteiger partial charge in [-0.3, -0.25) is 4.79 Å². The Morgan fingerprint density at radius 2 is 1.96 bits per heavy atom. The third kappa shape index (κ3) is 2.54. The van der Waals surface area contributed by atoms with Crippen LogP contribution in [0, 0.1) is 22.7 Å². The zero-order valence-electron chi connectivity index (χ0n) is 13.6. The molecule has 4 nitrogen and oxygen atoms in total. The Bertz CT molecular complexity index is 653. The Hall–Kier alpha value is -1.84. The number of rotatable bonds is 3. The maximum Gasteiger partial charge on any atom is 0.246 e. The molecule has 4 saturated carbocycles. The van der Waals surface area contributed by atoms with E-state index in [1.165, 1.54) is 25.5 Å². The van der Waals surface area contributed by atoms with Crippen LogP contribution in [-0.4, -0.2) is 17.2 Å². The summed E-state index contributed by atoms with van der Waals surface area (Å²) in [7, 11) is 0. The van der Waals surface area contributed by atoms with Crippen LogP contribution in [0.1, 0.15) is 51.0 Å². The first-order chi connectivity index (χ1) is 11.0. The molecule has 5 rings (SSSR count). The van der Waals surface area contributed by atoms with E-state index in [9.17, 15) is 9.90 Å². The van der Waals surface area contributed by atoms with Crippen LogP contribution in [-0.2, 0) is 4.79 Å². The molecule has 122 valence electrons. The minimum absolute atomic E-state index is 0.0736. The summed E-state index contributed by atoms with van der Waals surface area (Å²) in [6.45, 7) is 2.36. The molecule has 4 aliphatic rings. The quantitative estimate of drug-likeness (QED) is 0.663. The summed E-state index contributed by atoms with van der Waals surface area (Å²) in [6.07, 6.45) is 8.47. The standard InChI is InChI=1S/C19H24N2O2/c1-18-7-13-6-14(8-18)10-19(9-13,12-18)17(23)21-20-11-15-4-2-3-5-16(15)22/h2-5,11,13-14,22H,6-10,12H2,1H3,(H,21,23). The molecule has 4 aliphatic carbocycles. The van der Waals surface area contributed by atoms with Gasteiger partial charge in [-0.05, 0) is 67.9 Å². The average Bonchev–Trinajstić information content (AvgIpc) is 2.46. The molecule has 0 heterocycles. The number of nitrogens with one attached hydrogen (secondary N) is 1. The van der Waals surface area contributed by atoms with E-state index in [2.05, 4.69) is 17.5 Å². The Kier molecular flexibility index (Phi) is 3.26. The van der Waals surface area contributed by atoms with E-state index in [0.717, 1.165) is 19.3 Å². The van der Waals surface area contributed by atoms with Crippen LogP contribution in [0.25, 0.3) is 0 Å². The molecule has 0 spiro atoms. The van der Waals surface area contributed by atoms with Crippen LogP contribution >= 0.6 is 0 Å². The molecule has 23 heavy (non-hydrogen) atoms. The molecule has 1 aromatic carbocycles. The van der Waals surface area contributed by atoms with E-state index in [-0.39, 0.29) is 17.1 Å². The van der Waals surface area contributed by atoms with Gasteiger partial charge in [-0.2, -0.15) is 5.10 Å². The lowest BCUT2D eigenvalue weighted by Crippen LogP contribution is -2.56. The first-order valence-electron chi connectivity index (χ1n) is 8.60. The van der Waals surface area contributed by atoms with Gasteiger partial charge >= 0.3 is 0 Å². The van der Waals surface area contributed by atoms with Crippen molar-refractivity contribution in [2.24, 2.45) is 27.8 Å². The average molecular weight is 312 g/mol. The Morgan fingerprint density at radius 3 is 2.61 bits per heavy atom. The molecule has 1 aromatic rings. The number of amides is 1. The van der Waals surface area contributed by atoms with E-state index in [1.807, 2.05) is 6.07 Å². The number of nitrogens with zero attached hydrogens (tertiary/aromatic N) is 1. The summed E-state index contributed by atoms with van der Waals surface area (Å²) in [5.74, 6) is 1.68. The summed E-state index contributed by atoms with van der Waals surface area (Å²) in [4.78, 5) is 12.8. The second-order valence-corrected chi connectivity index (χ2v) is 8.31. The van der Waals surface area contributed by atoms with Gasteiger partial charge in [-0.25, -0.2) is 5.43 Å². The van der Waals surface area contributed by atoms with Crippen LogP contribution in [0.3, 0.4) is 0 Å². The number of carbonyl (C=O) groups is 1. The van der Waals surface area contributed by atoms with Crippen molar-refractivity contribution in [3.05, 3.63) is 29.8 Å². The number of phenolic OH excluding ortho intramolecular Hbond substituents is 1. The van der Waals surface area contributed by atoms with Crippen molar-refractivity contribution in [1.29, 1.82) is 0 Å². The fraction of sp³-hybridized carbons (Fsp3) is 0.579. The number of carbonyl (C=O) groups excluding carboxylic acids is 1. The fourth-order valence-corrected chi connectivity index (χ4v) is 5.86. The predicted octanol–water partition coefficient (Wildman–Crippen LogP) is 3.45. The monoisotopic (exact) mass is 312 g/mol. The third-order valence-corrected chi connectivity index (χ3v) is 6.14. The van der Waals surface area contributed by atoms with Gasteiger partial charge in [0, 0.05) is 5.56 Å². The number of hydrogen-bond acceptors (Lipinski definition) is 3. The Balaban J connectivity index is 1.48. The Morgan fingerprint density at radius 1 is 1.26 bits per heavy atom. The van der Waals surface area contributed by atoms with Crippen LogP contribution in [0.4, 0.5) is 0 Å². The van der Waals surface area contributed by atoms with Crippen LogP contribution in [0.2, 0.25) is 0 Å². The van der Waals surface area contributed by atoms with Crippen molar-refractivity contribution in [3.63, 3.8) is 0 Å². The van der Waals surface area contributed by atoms with Crippen LogP contribution in [0.15, 0.2) is 29.4 Å². The topological polar surface area (TPSA) is 61.7 Å². The summed E-state index contributed by atoms with van der Waals surface area (Å²) in [5, 5.41) is 13.8. The molecule has 0 aliphatic heterocycles. The molecule has 4 bridgehead atoms. The highest BCUT2D eigenvalue weighted by Gasteiger charge is 2.58. The summed E-state index contributed by atoms with van der Waals surface area (Å²) < 4.78 is 0. The zero-order chi connectivity index (χ0) is 16.1. The highest BCUT2D eigenvalue weighted by molar-refractivity contribution is 5.87. The molecule has 2 atom stereocenters. The second kappa shape index (κ2) is 5.08. The zero-order valence-corrected chi connectivity index (χ0v) is 13.6. The lowest BCUT2D eigenvalue weighted by molar-refractivity contribution is -0.155. The van der Waals surface area contributed by atoms with Crippen molar-refractivity contribution in [3.8, 4) is 5.75 Å². The lowest BCUT2D eigenvalue weighted by atomic mass is 9.44. The van der Waals surface area contributed by atoms with Crippen molar-refractivity contribution >= 4 is 12.1 Å². The number of aromatic hydroxyl groups is 1. The van der Waals surface area contributed by atoms with Gasteiger partial charge in [0.1, 0.15) is 5.75 Å². The first-order valence-corrected chi connectivity index (χ1v) is 8.60. The van der Waals surface area contributed by atoms with Gasteiger partial charge in [0.15, 0.2) is 0 Å². The highest BCUT2D eigenvalue weighted by Crippen LogP contribution is 2.65. The van der Waals surface area contributed by atoms with E-state index in [1.54, 1.807) is 18.2 Å². The van der Waals surface area contributed by atoms with Crippen LogP contribution < -0.4 is 5.43 Å². The first kappa shape index (κ1) is 14.7. The number of hydrazone groups is 1. The second-order valence-electron chi connectivity index (χ2n) is 8.31. The Labute approximate surface area is 137 Å². The molecule has 4 fully saturated rings. The molecule has 0 aromatic heterocycles. The van der Waals surface area contributed by atoms with Gasteiger partial charge in [-0.1, -0.05) is 19.1 Å². The van der Waals surface area contributed by atoms with Crippen LogP contribution in [0.5, 0.6) is 5.75 Å². The van der Waals surface area contributed by atoms with E-state index < -0.39 is 0 Å². The largest absolute Gasteiger partial charge is 0.507 e. The summed E-state index contributed by atoms with van der Waals surface area (Å²) in [6, 6.07) is 6.99. The van der Waals surface area contributed by atoms with E-state index >= 15 is 0 Å². The third-order valence-electron chi connectivity index (χ3n) is 6.14. The molecular formula is C19H24N2O2. The smallest absolute Gasteiger partial charge is 0.246 e. The van der Waals surface area contributed by atoms with Crippen molar-refractivity contribution in [1.82, 2.24) is 5.43 Å². The van der Waals surface area contributed by atoms with E-state index in [0.29, 0.717) is 22.8 Å². The van der Waals surface area contributed by atoms with E-state index in [4.69, 9.17) is 0 Å². The van der Waals surface area contributed by atoms with Gasteiger partial charge in [0.25, 0.3) is 0 Å². The molecule has 1 amide bonds. The number of para-hydroxylation sites is 1. The maximum atomic E-state index is 12.8. The van der Waals surface area contributed by atoms with Gasteiger partial charge < -0.3 is 5.11 Å². The molecule has 2 unspecified atom stereocenters. The van der Waals surface area contributed by atoms with Gasteiger partial charge in [0.2, 0.25) is 5.91 Å². The molecule has 0 radical (unpaired) electrons. The molecular weight excluding hydrogens is 288 g/mol. The lowest BCUT2D eigenvalue weighted by Gasteiger charge is -2.60. The minimum Gasteiger partial charge on any atom is -0.507 e. The summed E-state index contributed by atoms with van der Waals surface area (Å²) >= 11 is 0.